The predicted octanol–water partition coefficient (Wildman–Crippen LogP) is 4.81. The average Bonchev–Trinajstić information content (AvgIpc) is 3.37. The van der Waals surface area contributed by atoms with E-state index in [-0.39, 0.29) is 11.3 Å². The first kappa shape index (κ1) is 25.2. The molecule has 0 radical (unpaired) electrons. The monoisotopic (exact) mass is 510 g/mol. The number of imidazole rings is 1. The fourth-order valence-corrected chi connectivity index (χ4v) is 4.91. The maximum atomic E-state index is 13.5. The van der Waals surface area contributed by atoms with Gasteiger partial charge in [0, 0.05) is 12.7 Å². The highest BCUT2D eigenvalue weighted by molar-refractivity contribution is 6.46. The third kappa shape index (κ3) is 4.78. The lowest BCUT2D eigenvalue weighted by atomic mass is 9.96. The molecule has 1 atom stereocenters. The summed E-state index contributed by atoms with van der Waals surface area (Å²) >= 11 is 0. The summed E-state index contributed by atoms with van der Waals surface area (Å²) in [5.74, 6) is -0.341. The largest absolute Gasteiger partial charge is 0.505 e. The smallest absolute Gasteiger partial charge is 0.295 e. The van der Waals surface area contributed by atoms with Crippen molar-refractivity contribution in [2.24, 2.45) is 0 Å². The Kier molecular flexibility index (Phi) is 6.98. The molecule has 1 aliphatic rings. The van der Waals surface area contributed by atoms with Crippen LogP contribution in [0.4, 0.5) is 0 Å². The topological polar surface area (TPSA) is 87.4 Å². The molecular weight excluding hydrogens is 480 g/mol. The fraction of sp³-hybridized carbons (Fsp3) is 0.233. The Labute approximate surface area is 221 Å². The molecule has 2 aromatic heterocycles. The highest BCUT2D eigenvalue weighted by Crippen LogP contribution is 2.41. The van der Waals surface area contributed by atoms with Gasteiger partial charge in [-0.1, -0.05) is 36.4 Å². The zero-order valence-electron chi connectivity index (χ0n) is 21.7. The minimum atomic E-state index is -0.773. The van der Waals surface area contributed by atoms with Crippen LogP contribution in [0, 0.1) is 6.92 Å². The number of Topliss-reactive ketones (excluding diaryl/α,β-unsaturated/α-hetero) is 1. The van der Waals surface area contributed by atoms with Gasteiger partial charge in [0.15, 0.2) is 5.76 Å². The molecule has 1 unspecified atom stereocenters. The van der Waals surface area contributed by atoms with E-state index in [1.165, 1.54) is 0 Å². The molecule has 194 valence electrons. The Bertz CT molecular complexity index is 1520. The van der Waals surface area contributed by atoms with Gasteiger partial charge in [-0.3, -0.25) is 14.0 Å². The summed E-state index contributed by atoms with van der Waals surface area (Å²) in [6.45, 7) is 2.89. The van der Waals surface area contributed by atoms with Gasteiger partial charge in [0.2, 0.25) is 0 Å². The Balaban J connectivity index is 1.63. The molecule has 4 aromatic rings. The van der Waals surface area contributed by atoms with Crippen molar-refractivity contribution in [2.75, 3.05) is 27.2 Å². The zero-order chi connectivity index (χ0) is 26.8. The molecule has 1 amide bonds. The molecule has 1 aliphatic heterocycles. The van der Waals surface area contributed by atoms with Gasteiger partial charge in [0.05, 0.1) is 17.3 Å². The van der Waals surface area contributed by atoms with Crippen LogP contribution in [-0.2, 0) is 9.59 Å². The van der Waals surface area contributed by atoms with Crippen LogP contribution in [0.1, 0.15) is 29.4 Å². The molecule has 3 heterocycles. The molecule has 38 heavy (non-hydrogen) atoms. The number of amides is 1. The number of pyridine rings is 1. The summed E-state index contributed by atoms with van der Waals surface area (Å²) in [6.07, 6.45) is 2.45. The molecule has 8 heteroatoms. The SMILES string of the molecule is Cc1nc2ccccn2c1C(O)=C1C(=O)C(=O)N(CCCN(C)C)C1c1cccc(Oc2ccccc2)c1. The van der Waals surface area contributed by atoms with Crippen LogP contribution in [0.3, 0.4) is 0 Å². The highest BCUT2D eigenvalue weighted by Gasteiger charge is 2.46. The minimum absolute atomic E-state index is 0.0467. The zero-order valence-corrected chi connectivity index (χ0v) is 21.7. The molecule has 2 aromatic carbocycles. The number of aryl methyl sites for hydroxylation is 1. The van der Waals surface area contributed by atoms with Crippen LogP contribution in [0.5, 0.6) is 11.5 Å². The van der Waals surface area contributed by atoms with Gasteiger partial charge >= 0.3 is 0 Å². The lowest BCUT2D eigenvalue weighted by Gasteiger charge is -2.26. The van der Waals surface area contributed by atoms with Crippen molar-refractivity contribution in [1.82, 2.24) is 19.2 Å². The second kappa shape index (κ2) is 10.5. The van der Waals surface area contributed by atoms with Gasteiger partial charge in [-0.2, -0.15) is 0 Å². The number of aliphatic hydroxyl groups excluding tert-OH is 1. The number of fused-ring (bicyclic) bond motifs is 1. The van der Waals surface area contributed by atoms with Gasteiger partial charge < -0.3 is 19.6 Å². The number of ketones is 1. The number of nitrogens with zero attached hydrogens (tertiary/aromatic N) is 4. The quantitative estimate of drug-likeness (QED) is 0.208. The molecule has 0 bridgehead atoms. The number of hydrogen-bond acceptors (Lipinski definition) is 6. The molecule has 0 spiro atoms. The summed E-state index contributed by atoms with van der Waals surface area (Å²) in [5, 5.41) is 11.6. The molecule has 0 aliphatic carbocycles. The van der Waals surface area contributed by atoms with Crippen LogP contribution >= 0.6 is 0 Å². The highest BCUT2D eigenvalue weighted by atomic mass is 16.5. The van der Waals surface area contributed by atoms with E-state index in [1.54, 1.807) is 22.4 Å². The third-order valence-electron chi connectivity index (χ3n) is 6.63. The lowest BCUT2D eigenvalue weighted by Crippen LogP contribution is -2.32. The molecule has 1 N–H and O–H groups in total. The maximum absolute atomic E-state index is 13.5. The van der Waals surface area contributed by atoms with Gasteiger partial charge in [-0.25, -0.2) is 4.98 Å². The molecule has 5 rings (SSSR count). The van der Waals surface area contributed by atoms with Gasteiger partial charge in [0.1, 0.15) is 22.8 Å². The van der Waals surface area contributed by atoms with Crippen LogP contribution in [0.15, 0.2) is 84.6 Å². The number of carbonyl (C=O) groups excluding carboxylic acids is 2. The first-order valence-electron chi connectivity index (χ1n) is 12.5. The molecular formula is C30H30N4O4. The van der Waals surface area contributed by atoms with E-state index in [0.717, 1.165) is 6.54 Å². The maximum Gasteiger partial charge on any atom is 0.295 e. The van der Waals surface area contributed by atoms with Crippen molar-refractivity contribution in [3.8, 4) is 11.5 Å². The van der Waals surface area contributed by atoms with E-state index < -0.39 is 17.7 Å². The van der Waals surface area contributed by atoms with Gasteiger partial charge in [-0.05, 0) is 75.9 Å². The van der Waals surface area contributed by atoms with Crippen molar-refractivity contribution in [1.29, 1.82) is 0 Å². The second-order valence-electron chi connectivity index (χ2n) is 9.61. The van der Waals surface area contributed by atoms with Crippen molar-refractivity contribution in [3.05, 3.63) is 102 Å². The standard InChI is InChI=1S/C30H30N4O4/c1-20-26(33-17-8-7-15-24(33)31-20)28(35)25-27(34(30(37)29(25)36)18-10-16-32(2)3)21-11-9-14-23(19-21)38-22-12-5-4-6-13-22/h4-9,11-15,17,19,27,35H,10,16,18H2,1-3H3. The third-order valence-corrected chi connectivity index (χ3v) is 6.63. The minimum Gasteiger partial charge on any atom is -0.505 e. The summed E-state index contributed by atoms with van der Waals surface area (Å²) in [7, 11) is 3.92. The predicted molar refractivity (Wildman–Crippen MR) is 145 cm³/mol. The van der Waals surface area contributed by atoms with E-state index in [4.69, 9.17) is 4.74 Å². The number of ether oxygens (including phenoxy) is 1. The normalized spacial score (nSPS) is 17.1. The molecule has 0 saturated carbocycles. The summed E-state index contributed by atoms with van der Waals surface area (Å²) in [4.78, 5) is 34.9. The summed E-state index contributed by atoms with van der Waals surface area (Å²) < 4.78 is 7.77. The van der Waals surface area contributed by atoms with E-state index in [0.29, 0.717) is 47.1 Å². The van der Waals surface area contributed by atoms with Gasteiger partial charge in [-0.15, -0.1) is 0 Å². The number of rotatable bonds is 8. The van der Waals surface area contributed by atoms with Crippen molar-refractivity contribution in [3.63, 3.8) is 0 Å². The van der Waals surface area contributed by atoms with Gasteiger partial charge in [0.25, 0.3) is 11.7 Å². The number of hydrogen-bond donors (Lipinski definition) is 1. The summed E-state index contributed by atoms with van der Waals surface area (Å²) in [6, 6.07) is 21.4. The Morgan fingerprint density at radius 1 is 1.00 bits per heavy atom. The van der Waals surface area contributed by atoms with Crippen molar-refractivity contribution >= 4 is 23.1 Å². The molecule has 8 nitrogen and oxygen atoms in total. The van der Waals surface area contributed by atoms with Crippen LogP contribution in [-0.4, -0.2) is 63.2 Å². The van der Waals surface area contributed by atoms with E-state index in [2.05, 4.69) is 4.98 Å². The Morgan fingerprint density at radius 3 is 2.50 bits per heavy atom. The van der Waals surface area contributed by atoms with Crippen LogP contribution in [0.25, 0.3) is 11.4 Å². The van der Waals surface area contributed by atoms with Crippen LogP contribution in [0.2, 0.25) is 0 Å². The van der Waals surface area contributed by atoms with E-state index in [9.17, 15) is 14.7 Å². The average molecular weight is 511 g/mol. The molecule has 1 saturated heterocycles. The number of aromatic nitrogens is 2. The van der Waals surface area contributed by atoms with E-state index >= 15 is 0 Å². The second-order valence-corrected chi connectivity index (χ2v) is 9.61. The number of carbonyl (C=O) groups is 2. The summed E-state index contributed by atoms with van der Waals surface area (Å²) in [5.41, 5.74) is 2.32. The Morgan fingerprint density at radius 2 is 1.74 bits per heavy atom. The van der Waals surface area contributed by atoms with E-state index in [1.807, 2.05) is 91.8 Å². The first-order chi connectivity index (χ1) is 18.3. The number of aliphatic hydroxyl groups is 1. The van der Waals surface area contributed by atoms with Crippen LogP contribution < -0.4 is 4.74 Å². The fourth-order valence-electron chi connectivity index (χ4n) is 4.91. The van der Waals surface area contributed by atoms with Crippen molar-refractivity contribution < 1.29 is 19.4 Å². The number of para-hydroxylation sites is 1. The number of likely N-dealkylation sites (tertiary alicyclic amines) is 1. The Hall–Kier alpha value is -4.43. The lowest BCUT2D eigenvalue weighted by molar-refractivity contribution is -0.139. The van der Waals surface area contributed by atoms with Crippen molar-refractivity contribution in [2.45, 2.75) is 19.4 Å². The number of benzene rings is 2. The molecule has 1 fully saturated rings. The first-order valence-corrected chi connectivity index (χ1v) is 12.5.